The van der Waals surface area contributed by atoms with E-state index in [2.05, 4.69) is 4.99 Å². The van der Waals surface area contributed by atoms with Crippen LogP contribution in [0.4, 0.5) is 13.6 Å². The van der Waals surface area contributed by atoms with Crippen molar-refractivity contribution in [2.45, 2.75) is 6.61 Å². The molecule has 2 aliphatic heterocycles. The Labute approximate surface area is 123 Å². The van der Waals surface area contributed by atoms with E-state index in [4.69, 9.17) is 4.74 Å². The maximum Gasteiger partial charge on any atom is 0.418 e. The van der Waals surface area contributed by atoms with E-state index in [9.17, 15) is 13.6 Å². The van der Waals surface area contributed by atoms with Gasteiger partial charge in [-0.1, -0.05) is 11.8 Å². The maximum absolute atomic E-state index is 13.4. The molecule has 2 heterocycles. The number of nitrogens with zero attached hydrogens (tertiary/aromatic N) is 2. The van der Waals surface area contributed by atoms with Gasteiger partial charge in [-0.2, -0.15) is 0 Å². The van der Waals surface area contributed by atoms with Gasteiger partial charge in [-0.3, -0.25) is 9.89 Å². The molecule has 1 aromatic rings. The van der Waals surface area contributed by atoms with Crippen LogP contribution in [0.3, 0.4) is 0 Å². The van der Waals surface area contributed by atoms with Gasteiger partial charge in [-0.05, 0) is 24.3 Å². The summed E-state index contributed by atoms with van der Waals surface area (Å²) in [6.07, 6.45) is 4.19. The quantitative estimate of drug-likeness (QED) is 0.840. The normalized spacial score (nSPS) is 16.4. The van der Waals surface area contributed by atoms with Crippen LogP contribution in [0, 0.1) is 11.6 Å². The first kappa shape index (κ1) is 13.8. The Morgan fingerprint density at radius 1 is 1.43 bits per heavy atom. The third-order valence-electron chi connectivity index (χ3n) is 2.93. The molecule has 3 rings (SSSR count). The SMILES string of the molecule is O=C(OCc1cc(F)ccc1F)N1C=CC2=NCSC2=C1. The number of carbonyl (C=O) groups excluding carboxylic acids is 1. The van der Waals surface area contributed by atoms with Gasteiger partial charge in [-0.15, -0.1) is 0 Å². The van der Waals surface area contributed by atoms with Gasteiger partial charge in [0.25, 0.3) is 0 Å². The fourth-order valence-corrected chi connectivity index (χ4v) is 2.67. The molecule has 0 aliphatic carbocycles. The lowest BCUT2D eigenvalue weighted by molar-refractivity contribution is 0.120. The number of carbonyl (C=O) groups is 1. The van der Waals surface area contributed by atoms with E-state index in [0.29, 0.717) is 5.88 Å². The van der Waals surface area contributed by atoms with E-state index in [-0.39, 0.29) is 12.2 Å². The molecule has 0 atom stereocenters. The molecule has 0 bridgehead atoms. The van der Waals surface area contributed by atoms with Gasteiger partial charge < -0.3 is 4.74 Å². The molecule has 4 nitrogen and oxygen atoms in total. The number of allylic oxidation sites excluding steroid dienone is 2. The summed E-state index contributed by atoms with van der Waals surface area (Å²) in [5.41, 5.74) is 0.828. The average Bonchev–Trinajstić information content (AvgIpc) is 2.95. The second-order valence-electron chi connectivity index (χ2n) is 4.32. The first-order valence-electron chi connectivity index (χ1n) is 6.10. The molecule has 0 spiro atoms. The minimum Gasteiger partial charge on any atom is -0.444 e. The number of hydrogen-bond acceptors (Lipinski definition) is 4. The second kappa shape index (κ2) is 5.69. The van der Waals surface area contributed by atoms with Crippen LogP contribution < -0.4 is 0 Å². The molecule has 1 amide bonds. The third kappa shape index (κ3) is 2.97. The van der Waals surface area contributed by atoms with Crippen LogP contribution in [-0.4, -0.2) is 22.6 Å². The third-order valence-corrected chi connectivity index (χ3v) is 3.81. The Morgan fingerprint density at radius 3 is 3.14 bits per heavy atom. The minimum atomic E-state index is -0.658. The van der Waals surface area contributed by atoms with Gasteiger partial charge in [0, 0.05) is 18.0 Å². The summed E-state index contributed by atoms with van der Waals surface area (Å²) in [5, 5.41) is 0. The van der Waals surface area contributed by atoms with Crippen LogP contribution in [-0.2, 0) is 11.3 Å². The first-order chi connectivity index (χ1) is 10.1. The van der Waals surface area contributed by atoms with Crippen molar-refractivity contribution >= 4 is 23.6 Å². The maximum atomic E-state index is 13.4. The van der Waals surface area contributed by atoms with Crippen molar-refractivity contribution in [1.82, 2.24) is 4.90 Å². The number of aliphatic imine (C=N–C) groups is 1. The Kier molecular flexibility index (Phi) is 3.74. The van der Waals surface area contributed by atoms with E-state index in [0.717, 1.165) is 28.8 Å². The van der Waals surface area contributed by atoms with E-state index < -0.39 is 17.7 Å². The van der Waals surface area contributed by atoms with Crippen molar-refractivity contribution in [1.29, 1.82) is 0 Å². The Hall–Kier alpha value is -2.15. The molecule has 2 aliphatic rings. The summed E-state index contributed by atoms with van der Waals surface area (Å²) in [4.78, 5) is 18.3. The number of benzene rings is 1. The highest BCUT2D eigenvalue weighted by Gasteiger charge is 2.21. The monoisotopic (exact) mass is 308 g/mol. The molecule has 0 radical (unpaired) electrons. The highest BCUT2D eigenvalue weighted by atomic mass is 32.2. The summed E-state index contributed by atoms with van der Waals surface area (Å²) >= 11 is 1.51. The largest absolute Gasteiger partial charge is 0.444 e. The molecule has 0 saturated carbocycles. The van der Waals surface area contributed by atoms with E-state index in [1.807, 2.05) is 0 Å². The molecule has 0 N–H and O–H groups in total. The second-order valence-corrected chi connectivity index (χ2v) is 5.31. The van der Waals surface area contributed by atoms with Gasteiger partial charge in [0.1, 0.15) is 18.2 Å². The van der Waals surface area contributed by atoms with E-state index in [1.165, 1.54) is 22.9 Å². The van der Waals surface area contributed by atoms with Crippen LogP contribution in [0.15, 0.2) is 46.6 Å². The van der Waals surface area contributed by atoms with Gasteiger partial charge in [0.2, 0.25) is 0 Å². The fraction of sp³-hybridized carbons (Fsp3) is 0.143. The smallest absolute Gasteiger partial charge is 0.418 e. The number of fused-ring (bicyclic) bond motifs is 1. The molecule has 21 heavy (non-hydrogen) atoms. The highest BCUT2D eigenvalue weighted by Crippen LogP contribution is 2.28. The van der Waals surface area contributed by atoms with Crippen molar-refractivity contribution in [2.24, 2.45) is 4.99 Å². The van der Waals surface area contributed by atoms with Crippen molar-refractivity contribution in [3.8, 4) is 0 Å². The molecular weight excluding hydrogens is 298 g/mol. The number of hydrogen-bond donors (Lipinski definition) is 0. The zero-order valence-corrected chi connectivity index (χ0v) is 11.6. The van der Waals surface area contributed by atoms with Gasteiger partial charge in [0.05, 0.1) is 16.5 Å². The number of amides is 1. The topological polar surface area (TPSA) is 41.9 Å². The predicted octanol–water partition coefficient (Wildman–Crippen LogP) is 3.42. The van der Waals surface area contributed by atoms with Crippen LogP contribution in [0.25, 0.3) is 0 Å². The lowest BCUT2D eigenvalue weighted by atomic mass is 10.2. The van der Waals surface area contributed by atoms with Gasteiger partial charge >= 0.3 is 6.09 Å². The Morgan fingerprint density at radius 2 is 2.29 bits per heavy atom. The van der Waals surface area contributed by atoms with Crippen molar-refractivity contribution in [3.05, 3.63) is 58.8 Å². The van der Waals surface area contributed by atoms with E-state index >= 15 is 0 Å². The molecule has 108 valence electrons. The molecular formula is C14H10F2N2O2S. The number of ether oxygens (including phenoxy) is 1. The van der Waals surface area contributed by atoms with Crippen molar-refractivity contribution in [2.75, 3.05) is 5.88 Å². The Balaban J connectivity index is 1.65. The highest BCUT2D eigenvalue weighted by molar-refractivity contribution is 8.04. The lowest BCUT2D eigenvalue weighted by Gasteiger charge is -2.18. The number of rotatable bonds is 2. The minimum absolute atomic E-state index is 0.00511. The Bertz CT molecular complexity index is 686. The van der Waals surface area contributed by atoms with Crippen LogP contribution in [0.1, 0.15) is 5.56 Å². The van der Waals surface area contributed by atoms with Gasteiger partial charge in [-0.25, -0.2) is 13.6 Å². The zero-order chi connectivity index (χ0) is 14.8. The molecule has 0 saturated heterocycles. The van der Waals surface area contributed by atoms with E-state index in [1.54, 1.807) is 12.3 Å². The molecule has 7 heteroatoms. The molecule has 0 aromatic heterocycles. The van der Waals surface area contributed by atoms with Crippen molar-refractivity contribution < 1.29 is 18.3 Å². The van der Waals surface area contributed by atoms with Crippen LogP contribution in [0.5, 0.6) is 0 Å². The summed E-state index contributed by atoms with van der Waals surface area (Å²) in [6.45, 7) is -0.329. The van der Waals surface area contributed by atoms with Crippen molar-refractivity contribution in [3.63, 3.8) is 0 Å². The molecule has 1 aromatic carbocycles. The molecule has 0 fully saturated rings. The molecule has 0 unspecified atom stereocenters. The predicted molar refractivity (Wildman–Crippen MR) is 75.5 cm³/mol. The first-order valence-corrected chi connectivity index (χ1v) is 7.09. The lowest BCUT2D eigenvalue weighted by Crippen LogP contribution is -2.24. The summed E-state index contributed by atoms with van der Waals surface area (Å²) in [7, 11) is 0. The van der Waals surface area contributed by atoms with Crippen LogP contribution in [0.2, 0.25) is 0 Å². The summed E-state index contributed by atoms with van der Waals surface area (Å²) in [6, 6.07) is 3.01. The summed E-state index contributed by atoms with van der Waals surface area (Å²) < 4.78 is 31.4. The number of thioether (sulfide) groups is 1. The fourth-order valence-electron chi connectivity index (χ4n) is 1.86. The summed E-state index contributed by atoms with van der Waals surface area (Å²) in [5.74, 6) is -0.564. The standard InChI is InChI=1S/C14H10F2N2O2S/c15-10-1-2-11(16)9(5-10)7-20-14(19)18-4-3-12-13(6-18)21-8-17-12/h1-6H,7-8H2. The zero-order valence-electron chi connectivity index (χ0n) is 10.8. The van der Waals surface area contributed by atoms with Gasteiger partial charge in [0.15, 0.2) is 0 Å². The number of halogens is 2. The van der Waals surface area contributed by atoms with Crippen LogP contribution >= 0.6 is 11.8 Å². The average molecular weight is 308 g/mol.